The second-order valence-electron chi connectivity index (χ2n) is 6.77. The summed E-state index contributed by atoms with van der Waals surface area (Å²) in [4.78, 5) is 28.7. The maximum absolute atomic E-state index is 12.7. The van der Waals surface area contributed by atoms with E-state index in [0.717, 1.165) is 25.1 Å². The number of carbonyl (C=O) groups is 2. The second-order valence-corrected chi connectivity index (χ2v) is 6.77. The molecule has 1 N–H and O–H groups in total. The van der Waals surface area contributed by atoms with Gasteiger partial charge in [-0.05, 0) is 31.9 Å². The molecule has 5 heteroatoms. The van der Waals surface area contributed by atoms with Crippen molar-refractivity contribution in [2.24, 2.45) is 0 Å². The Morgan fingerprint density at radius 3 is 2.58 bits per heavy atom. The highest BCUT2D eigenvalue weighted by molar-refractivity contribution is 5.96. The number of amides is 3. The molecule has 1 aromatic rings. The van der Waals surface area contributed by atoms with Crippen molar-refractivity contribution in [3.63, 3.8) is 0 Å². The van der Waals surface area contributed by atoms with Gasteiger partial charge in [-0.25, -0.2) is 4.79 Å². The SMILES string of the molecule is CCN(C(=O)N[C@@H]1CC(=O)N(c2ccccc2)C1)C1CCCCC1. The first-order chi connectivity index (χ1) is 11.7. The number of hydrogen-bond donors (Lipinski definition) is 1. The van der Waals surface area contributed by atoms with Crippen LogP contribution in [0.15, 0.2) is 30.3 Å². The van der Waals surface area contributed by atoms with E-state index < -0.39 is 0 Å². The predicted molar refractivity (Wildman–Crippen MR) is 95.0 cm³/mol. The van der Waals surface area contributed by atoms with Crippen molar-refractivity contribution in [1.29, 1.82) is 0 Å². The fraction of sp³-hybridized carbons (Fsp3) is 0.579. The highest BCUT2D eigenvalue weighted by atomic mass is 16.2. The zero-order valence-electron chi connectivity index (χ0n) is 14.4. The van der Waals surface area contributed by atoms with Gasteiger partial charge in [0.1, 0.15) is 0 Å². The number of urea groups is 1. The Morgan fingerprint density at radius 2 is 1.92 bits per heavy atom. The van der Waals surface area contributed by atoms with Crippen LogP contribution in [0.1, 0.15) is 45.4 Å². The predicted octanol–water partition coefficient (Wildman–Crippen LogP) is 3.16. The standard InChI is InChI=1S/C19H27N3O2/c1-2-21(16-9-5-3-6-10-16)19(24)20-15-13-18(23)22(14-15)17-11-7-4-8-12-17/h4,7-8,11-12,15-16H,2-3,5-6,9-10,13-14H2,1H3,(H,20,24)/t15-/m1/s1. The van der Waals surface area contributed by atoms with Crippen molar-refractivity contribution in [2.75, 3.05) is 18.0 Å². The molecule has 5 nitrogen and oxygen atoms in total. The molecule has 1 heterocycles. The molecule has 0 radical (unpaired) electrons. The van der Waals surface area contributed by atoms with Gasteiger partial charge in [-0.1, -0.05) is 37.5 Å². The van der Waals surface area contributed by atoms with E-state index in [4.69, 9.17) is 0 Å². The Morgan fingerprint density at radius 1 is 1.21 bits per heavy atom. The number of anilines is 1. The van der Waals surface area contributed by atoms with E-state index in [2.05, 4.69) is 5.32 Å². The summed E-state index contributed by atoms with van der Waals surface area (Å²) in [6, 6.07) is 9.88. The summed E-state index contributed by atoms with van der Waals surface area (Å²) < 4.78 is 0. The van der Waals surface area contributed by atoms with Gasteiger partial charge in [0.25, 0.3) is 0 Å². The summed E-state index contributed by atoms with van der Waals surface area (Å²) in [5.74, 6) is 0.0761. The summed E-state index contributed by atoms with van der Waals surface area (Å²) in [5, 5.41) is 3.08. The summed E-state index contributed by atoms with van der Waals surface area (Å²) in [5.41, 5.74) is 0.902. The fourth-order valence-corrected chi connectivity index (χ4v) is 3.88. The Labute approximate surface area is 144 Å². The van der Waals surface area contributed by atoms with E-state index in [1.165, 1.54) is 19.3 Å². The minimum absolute atomic E-state index is 0.0166. The van der Waals surface area contributed by atoms with E-state index in [9.17, 15) is 9.59 Å². The first kappa shape index (κ1) is 16.8. The highest BCUT2D eigenvalue weighted by Gasteiger charge is 2.33. The average molecular weight is 329 g/mol. The van der Waals surface area contributed by atoms with Gasteiger partial charge < -0.3 is 15.1 Å². The molecule has 0 unspecified atom stereocenters. The molecule has 2 aliphatic rings. The Hall–Kier alpha value is -2.04. The maximum Gasteiger partial charge on any atom is 0.317 e. The normalized spacial score (nSPS) is 21.8. The lowest BCUT2D eigenvalue weighted by molar-refractivity contribution is -0.117. The Bertz CT molecular complexity index is 569. The minimum Gasteiger partial charge on any atom is -0.333 e. The average Bonchev–Trinajstić information content (AvgIpc) is 2.97. The van der Waals surface area contributed by atoms with Gasteiger partial charge >= 0.3 is 6.03 Å². The van der Waals surface area contributed by atoms with E-state index in [1.54, 1.807) is 4.90 Å². The highest BCUT2D eigenvalue weighted by Crippen LogP contribution is 2.24. The van der Waals surface area contributed by atoms with Crippen LogP contribution in [0, 0.1) is 0 Å². The molecule has 3 rings (SSSR count). The first-order valence-electron chi connectivity index (χ1n) is 9.11. The molecule has 1 aromatic carbocycles. The largest absolute Gasteiger partial charge is 0.333 e. The van der Waals surface area contributed by atoms with Crippen LogP contribution in [-0.2, 0) is 4.79 Å². The van der Waals surface area contributed by atoms with Crippen LogP contribution in [0.25, 0.3) is 0 Å². The lowest BCUT2D eigenvalue weighted by Crippen LogP contribution is -2.50. The van der Waals surface area contributed by atoms with Crippen molar-refractivity contribution in [2.45, 2.75) is 57.5 Å². The number of nitrogens with one attached hydrogen (secondary N) is 1. The van der Waals surface area contributed by atoms with Crippen LogP contribution in [0.3, 0.4) is 0 Å². The molecule has 1 atom stereocenters. The first-order valence-corrected chi connectivity index (χ1v) is 9.11. The van der Waals surface area contributed by atoms with E-state index >= 15 is 0 Å². The summed E-state index contributed by atoms with van der Waals surface area (Å²) in [6.07, 6.45) is 6.26. The van der Waals surface area contributed by atoms with Gasteiger partial charge in [0.15, 0.2) is 0 Å². The number of benzene rings is 1. The molecule has 0 spiro atoms. The zero-order valence-corrected chi connectivity index (χ0v) is 14.4. The van der Waals surface area contributed by atoms with Gasteiger partial charge in [0.05, 0.1) is 6.04 Å². The lowest BCUT2D eigenvalue weighted by Gasteiger charge is -2.34. The Kier molecular flexibility index (Phi) is 5.38. The molecule has 0 aromatic heterocycles. The Balaban J connectivity index is 1.59. The summed E-state index contributed by atoms with van der Waals surface area (Å²) in [7, 11) is 0. The molecule has 0 bridgehead atoms. The summed E-state index contributed by atoms with van der Waals surface area (Å²) in [6.45, 7) is 3.31. The molecule has 1 saturated carbocycles. The van der Waals surface area contributed by atoms with Gasteiger partial charge in [0.2, 0.25) is 5.91 Å². The topological polar surface area (TPSA) is 52.7 Å². The molecular weight excluding hydrogens is 302 g/mol. The number of para-hydroxylation sites is 1. The smallest absolute Gasteiger partial charge is 0.317 e. The van der Waals surface area contributed by atoms with Gasteiger partial charge in [-0.2, -0.15) is 0 Å². The van der Waals surface area contributed by atoms with Gasteiger partial charge in [0, 0.05) is 31.2 Å². The second kappa shape index (κ2) is 7.69. The molecule has 1 aliphatic carbocycles. The maximum atomic E-state index is 12.7. The number of nitrogens with zero attached hydrogens (tertiary/aromatic N) is 2. The van der Waals surface area contributed by atoms with Crippen molar-refractivity contribution in [3.8, 4) is 0 Å². The van der Waals surface area contributed by atoms with Crippen LogP contribution >= 0.6 is 0 Å². The van der Waals surface area contributed by atoms with E-state index in [0.29, 0.717) is 19.0 Å². The van der Waals surface area contributed by atoms with Crippen molar-refractivity contribution in [3.05, 3.63) is 30.3 Å². The summed E-state index contributed by atoms with van der Waals surface area (Å²) >= 11 is 0. The van der Waals surface area contributed by atoms with Crippen LogP contribution < -0.4 is 10.2 Å². The monoisotopic (exact) mass is 329 g/mol. The van der Waals surface area contributed by atoms with Crippen LogP contribution in [-0.4, -0.2) is 42.0 Å². The van der Waals surface area contributed by atoms with Crippen LogP contribution in [0.2, 0.25) is 0 Å². The zero-order chi connectivity index (χ0) is 16.9. The third-order valence-corrected chi connectivity index (χ3v) is 5.14. The quantitative estimate of drug-likeness (QED) is 0.922. The van der Waals surface area contributed by atoms with Crippen molar-refractivity contribution in [1.82, 2.24) is 10.2 Å². The molecule has 24 heavy (non-hydrogen) atoms. The van der Waals surface area contributed by atoms with Gasteiger partial charge in [-0.3, -0.25) is 4.79 Å². The van der Waals surface area contributed by atoms with Crippen molar-refractivity contribution >= 4 is 17.6 Å². The number of rotatable bonds is 4. The molecule has 2 fully saturated rings. The van der Waals surface area contributed by atoms with Crippen LogP contribution in [0.4, 0.5) is 10.5 Å². The number of carbonyl (C=O) groups excluding carboxylic acids is 2. The fourth-order valence-electron chi connectivity index (χ4n) is 3.88. The number of hydrogen-bond acceptors (Lipinski definition) is 2. The molecule has 3 amide bonds. The molecule has 1 saturated heterocycles. The third-order valence-electron chi connectivity index (χ3n) is 5.14. The van der Waals surface area contributed by atoms with Gasteiger partial charge in [-0.15, -0.1) is 0 Å². The van der Waals surface area contributed by atoms with Crippen molar-refractivity contribution < 1.29 is 9.59 Å². The third kappa shape index (κ3) is 3.71. The molecular formula is C19H27N3O2. The lowest BCUT2D eigenvalue weighted by atomic mass is 9.94. The van der Waals surface area contributed by atoms with Crippen LogP contribution in [0.5, 0.6) is 0 Å². The molecule has 1 aliphatic heterocycles. The van der Waals surface area contributed by atoms with E-state index in [1.807, 2.05) is 42.2 Å². The molecule has 130 valence electrons. The minimum atomic E-state index is -0.108. The van der Waals surface area contributed by atoms with E-state index in [-0.39, 0.29) is 18.0 Å².